The van der Waals surface area contributed by atoms with Crippen LogP contribution in [0.15, 0.2) is 66.9 Å². The normalized spacial score (nSPS) is 10.8. The van der Waals surface area contributed by atoms with Gasteiger partial charge in [0.2, 0.25) is 0 Å². The first-order chi connectivity index (χ1) is 12.6. The highest BCUT2D eigenvalue weighted by Gasteiger charge is 2.13. The summed E-state index contributed by atoms with van der Waals surface area (Å²) in [5, 5.41) is 8.02. The Hall–Kier alpha value is -3.47. The van der Waals surface area contributed by atoms with Gasteiger partial charge in [0.1, 0.15) is 5.69 Å². The van der Waals surface area contributed by atoms with Gasteiger partial charge >= 0.3 is 0 Å². The second-order valence-corrected chi connectivity index (χ2v) is 6.16. The van der Waals surface area contributed by atoms with Crippen molar-refractivity contribution in [3.8, 4) is 11.3 Å². The van der Waals surface area contributed by atoms with E-state index in [9.17, 15) is 4.79 Å². The van der Waals surface area contributed by atoms with Crippen LogP contribution in [0.25, 0.3) is 22.2 Å². The number of nitrogens with zero attached hydrogens (tertiary/aromatic N) is 3. The maximum Gasteiger partial charge on any atom is 0.273 e. The lowest BCUT2D eigenvalue weighted by Crippen LogP contribution is -2.16. The number of rotatable bonds is 3. The van der Waals surface area contributed by atoms with Crippen molar-refractivity contribution in [1.29, 1.82) is 0 Å². The third kappa shape index (κ3) is 2.84. The SMILES string of the molecule is Cc1c(NC(=O)c2ccnn2C)ccc2nc(-c3ccccc3)ccc12. The minimum Gasteiger partial charge on any atom is -0.320 e. The summed E-state index contributed by atoms with van der Waals surface area (Å²) < 4.78 is 1.55. The topological polar surface area (TPSA) is 59.8 Å². The minimum absolute atomic E-state index is 0.179. The van der Waals surface area contributed by atoms with Gasteiger partial charge in [-0.15, -0.1) is 0 Å². The fourth-order valence-electron chi connectivity index (χ4n) is 3.04. The molecule has 0 spiro atoms. The van der Waals surface area contributed by atoms with Crippen LogP contribution in [0.1, 0.15) is 16.1 Å². The van der Waals surface area contributed by atoms with E-state index in [1.807, 2.05) is 55.5 Å². The molecule has 26 heavy (non-hydrogen) atoms. The van der Waals surface area contributed by atoms with Crippen LogP contribution in [0.5, 0.6) is 0 Å². The molecular formula is C21H18N4O. The number of aryl methyl sites for hydroxylation is 2. The number of anilines is 1. The van der Waals surface area contributed by atoms with E-state index in [0.29, 0.717) is 5.69 Å². The summed E-state index contributed by atoms with van der Waals surface area (Å²) in [6.07, 6.45) is 1.61. The molecule has 2 heterocycles. The maximum absolute atomic E-state index is 12.4. The van der Waals surface area contributed by atoms with Gasteiger partial charge in [-0.25, -0.2) is 4.98 Å². The van der Waals surface area contributed by atoms with E-state index >= 15 is 0 Å². The average molecular weight is 342 g/mol. The van der Waals surface area contributed by atoms with E-state index in [1.54, 1.807) is 24.0 Å². The standard InChI is InChI=1S/C21H18N4O/c1-14-16-8-9-18(15-6-4-3-5-7-15)23-19(16)11-10-17(14)24-21(26)20-12-13-22-25(20)2/h3-13H,1-2H3,(H,24,26). The molecule has 128 valence electrons. The number of pyridine rings is 1. The quantitative estimate of drug-likeness (QED) is 0.607. The number of hydrogen-bond acceptors (Lipinski definition) is 3. The smallest absolute Gasteiger partial charge is 0.273 e. The first-order valence-electron chi connectivity index (χ1n) is 8.38. The maximum atomic E-state index is 12.4. The molecule has 0 unspecified atom stereocenters. The van der Waals surface area contributed by atoms with Crippen molar-refractivity contribution in [3.05, 3.63) is 78.1 Å². The predicted molar refractivity (Wildman–Crippen MR) is 103 cm³/mol. The molecule has 0 saturated carbocycles. The highest BCUT2D eigenvalue weighted by Crippen LogP contribution is 2.27. The van der Waals surface area contributed by atoms with Crippen molar-refractivity contribution in [3.63, 3.8) is 0 Å². The Kier molecular flexibility index (Phi) is 3.97. The molecule has 0 aliphatic carbocycles. The Bertz CT molecular complexity index is 1100. The third-order valence-electron chi connectivity index (χ3n) is 4.51. The summed E-state index contributed by atoms with van der Waals surface area (Å²) in [4.78, 5) is 17.2. The van der Waals surface area contributed by atoms with Crippen LogP contribution >= 0.6 is 0 Å². The summed E-state index contributed by atoms with van der Waals surface area (Å²) in [5.74, 6) is -0.179. The van der Waals surface area contributed by atoms with Gasteiger partial charge in [-0.1, -0.05) is 36.4 Å². The van der Waals surface area contributed by atoms with Gasteiger partial charge in [0.25, 0.3) is 5.91 Å². The third-order valence-corrected chi connectivity index (χ3v) is 4.51. The van der Waals surface area contributed by atoms with Gasteiger partial charge in [0.15, 0.2) is 0 Å². The summed E-state index contributed by atoms with van der Waals surface area (Å²) >= 11 is 0. The molecule has 4 rings (SSSR count). The molecular weight excluding hydrogens is 324 g/mol. The average Bonchev–Trinajstić information content (AvgIpc) is 3.10. The van der Waals surface area contributed by atoms with Gasteiger partial charge in [0.05, 0.1) is 11.2 Å². The van der Waals surface area contributed by atoms with Crippen molar-refractivity contribution in [2.24, 2.45) is 7.05 Å². The Morgan fingerprint density at radius 1 is 1.00 bits per heavy atom. The van der Waals surface area contributed by atoms with E-state index in [2.05, 4.69) is 16.5 Å². The minimum atomic E-state index is -0.179. The lowest BCUT2D eigenvalue weighted by atomic mass is 10.0. The summed E-state index contributed by atoms with van der Waals surface area (Å²) in [6, 6.07) is 19.7. The second kappa shape index (κ2) is 6.44. The monoisotopic (exact) mass is 342 g/mol. The molecule has 1 amide bonds. The Labute approximate surface area is 151 Å². The number of fused-ring (bicyclic) bond motifs is 1. The van der Waals surface area contributed by atoms with Crippen LogP contribution in [-0.4, -0.2) is 20.7 Å². The summed E-state index contributed by atoms with van der Waals surface area (Å²) in [6.45, 7) is 1.99. The molecule has 0 fully saturated rings. The van der Waals surface area contributed by atoms with E-state index in [0.717, 1.165) is 33.4 Å². The van der Waals surface area contributed by atoms with Crippen LogP contribution in [0.2, 0.25) is 0 Å². The van der Waals surface area contributed by atoms with Gasteiger partial charge in [-0.3, -0.25) is 9.48 Å². The van der Waals surface area contributed by atoms with Crippen molar-refractivity contribution >= 4 is 22.5 Å². The number of carbonyl (C=O) groups is 1. The van der Waals surface area contributed by atoms with Crippen LogP contribution < -0.4 is 5.32 Å². The molecule has 5 heteroatoms. The predicted octanol–water partition coefficient (Wildman–Crippen LogP) is 4.20. The second-order valence-electron chi connectivity index (χ2n) is 6.16. The number of benzene rings is 2. The van der Waals surface area contributed by atoms with Crippen LogP contribution in [0.3, 0.4) is 0 Å². The van der Waals surface area contributed by atoms with Gasteiger partial charge in [-0.05, 0) is 36.8 Å². The molecule has 0 atom stereocenters. The first kappa shape index (κ1) is 16.0. The van der Waals surface area contributed by atoms with E-state index in [1.165, 1.54) is 0 Å². The molecule has 2 aromatic heterocycles. The molecule has 0 aliphatic heterocycles. The zero-order chi connectivity index (χ0) is 18.1. The Balaban J connectivity index is 1.69. The molecule has 2 aromatic carbocycles. The number of nitrogens with one attached hydrogen (secondary N) is 1. The fraction of sp³-hybridized carbons (Fsp3) is 0.0952. The lowest BCUT2D eigenvalue weighted by molar-refractivity contribution is 0.101. The van der Waals surface area contributed by atoms with Crippen molar-refractivity contribution in [2.45, 2.75) is 6.92 Å². The first-order valence-corrected chi connectivity index (χ1v) is 8.38. The zero-order valence-corrected chi connectivity index (χ0v) is 14.6. The van der Waals surface area contributed by atoms with Crippen molar-refractivity contribution < 1.29 is 4.79 Å². The van der Waals surface area contributed by atoms with Crippen LogP contribution in [0.4, 0.5) is 5.69 Å². The number of amides is 1. The Morgan fingerprint density at radius 2 is 1.81 bits per heavy atom. The largest absolute Gasteiger partial charge is 0.320 e. The van der Waals surface area contributed by atoms with E-state index < -0.39 is 0 Å². The lowest BCUT2D eigenvalue weighted by Gasteiger charge is -2.12. The number of aromatic nitrogens is 3. The summed E-state index contributed by atoms with van der Waals surface area (Å²) in [5.41, 5.74) is 5.21. The molecule has 0 aliphatic rings. The Morgan fingerprint density at radius 3 is 2.54 bits per heavy atom. The van der Waals surface area contributed by atoms with Gasteiger partial charge in [-0.2, -0.15) is 5.10 Å². The molecule has 0 saturated heterocycles. The van der Waals surface area contributed by atoms with Crippen molar-refractivity contribution in [1.82, 2.24) is 14.8 Å². The zero-order valence-electron chi connectivity index (χ0n) is 14.6. The fourth-order valence-corrected chi connectivity index (χ4v) is 3.04. The molecule has 4 aromatic rings. The molecule has 5 nitrogen and oxygen atoms in total. The van der Waals surface area contributed by atoms with Crippen LogP contribution in [-0.2, 0) is 7.05 Å². The van der Waals surface area contributed by atoms with E-state index in [-0.39, 0.29) is 5.91 Å². The molecule has 0 bridgehead atoms. The van der Waals surface area contributed by atoms with Crippen LogP contribution in [0, 0.1) is 6.92 Å². The molecule has 0 radical (unpaired) electrons. The number of carbonyl (C=O) groups excluding carboxylic acids is 1. The van der Waals surface area contributed by atoms with Gasteiger partial charge in [0, 0.05) is 29.9 Å². The highest BCUT2D eigenvalue weighted by atomic mass is 16.2. The highest BCUT2D eigenvalue weighted by molar-refractivity contribution is 6.05. The summed E-state index contributed by atoms with van der Waals surface area (Å²) in [7, 11) is 1.75. The van der Waals surface area contributed by atoms with Gasteiger partial charge < -0.3 is 5.32 Å². The number of hydrogen-bond donors (Lipinski definition) is 1. The van der Waals surface area contributed by atoms with E-state index in [4.69, 9.17) is 4.98 Å². The van der Waals surface area contributed by atoms with Crippen molar-refractivity contribution in [2.75, 3.05) is 5.32 Å². The molecule has 1 N–H and O–H groups in total.